The molecule has 1 fully saturated rings. The maximum Gasteiger partial charge on any atom is 0.293 e. The Kier molecular flexibility index (Phi) is 3.93. The number of methoxy groups -OCH3 is 1. The Bertz CT molecular complexity index is 631. The molecule has 0 saturated carbocycles. The highest BCUT2D eigenvalue weighted by Crippen LogP contribution is 2.31. The van der Waals surface area contributed by atoms with Gasteiger partial charge >= 0.3 is 0 Å². The van der Waals surface area contributed by atoms with Crippen LogP contribution in [-0.4, -0.2) is 43.9 Å². The van der Waals surface area contributed by atoms with Gasteiger partial charge in [-0.3, -0.25) is 10.1 Å². The molecule has 1 aromatic carbocycles. The summed E-state index contributed by atoms with van der Waals surface area (Å²) in [6.07, 6.45) is 0.545. The van der Waals surface area contributed by atoms with Crippen LogP contribution in [0.25, 0.3) is 0 Å². The zero-order valence-electron chi connectivity index (χ0n) is 10.9. The van der Waals surface area contributed by atoms with Crippen LogP contribution in [-0.2, 0) is 10.0 Å². The molecule has 20 heavy (non-hydrogen) atoms. The van der Waals surface area contributed by atoms with Crippen molar-refractivity contribution in [2.45, 2.75) is 17.4 Å². The Morgan fingerprint density at radius 2 is 2.20 bits per heavy atom. The number of hydrogen-bond donors (Lipinski definition) is 1. The summed E-state index contributed by atoms with van der Waals surface area (Å²) in [6, 6.07) is 3.44. The average Bonchev–Trinajstić information content (AvgIpc) is 2.85. The fourth-order valence-corrected chi connectivity index (χ4v) is 3.75. The van der Waals surface area contributed by atoms with E-state index in [1.165, 1.54) is 23.5 Å². The lowest BCUT2D eigenvalue weighted by Gasteiger charge is -2.16. The SMILES string of the molecule is COc1ccc(S(=O)(=O)N2CCC(N)C2)c([N+](=O)[O-])c1. The first kappa shape index (κ1) is 14.7. The molecule has 1 heterocycles. The molecule has 0 bridgehead atoms. The van der Waals surface area contributed by atoms with Crippen LogP contribution < -0.4 is 10.5 Å². The van der Waals surface area contributed by atoms with E-state index in [4.69, 9.17) is 10.5 Å². The maximum atomic E-state index is 12.4. The molecule has 1 aliphatic rings. The normalized spacial score (nSPS) is 20.0. The number of ether oxygens (including phenoxy) is 1. The fraction of sp³-hybridized carbons (Fsp3) is 0.455. The highest BCUT2D eigenvalue weighted by Gasteiger charge is 2.35. The van der Waals surface area contributed by atoms with Crippen molar-refractivity contribution in [2.24, 2.45) is 5.73 Å². The fourth-order valence-electron chi connectivity index (χ4n) is 2.10. The number of rotatable bonds is 4. The third-order valence-electron chi connectivity index (χ3n) is 3.17. The number of nitro benzene ring substituents is 1. The van der Waals surface area contributed by atoms with E-state index in [0.717, 1.165) is 6.07 Å². The van der Waals surface area contributed by atoms with Gasteiger partial charge in [0.15, 0.2) is 4.90 Å². The Morgan fingerprint density at radius 1 is 1.50 bits per heavy atom. The minimum absolute atomic E-state index is 0.172. The number of nitro groups is 1. The number of sulfonamides is 1. The summed E-state index contributed by atoms with van der Waals surface area (Å²) in [5.74, 6) is 0.230. The number of benzene rings is 1. The van der Waals surface area contributed by atoms with E-state index >= 15 is 0 Å². The van der Waals surface area contributed by atoms with Gasteiger partial charge in [0.25, 0.3) is 5.69 Å². The second-order valence-electron chi connectivity index (χ2n) is 4.50. The second-order valence-corrected chi connectivity index (χ2v) is 6.41. The van der Waals surface area contributed by atoms with Gasteiger partial charge in [-0.05, 0) is 18.6 Å². The van der Waals surface area contributed by atoms with Crippen LogP contribution in [0.5, 0.6) is 5.75 Å². The summed E-state index contributed by atoms with van der Waals surface area (Å²) in [6.45, 7) is 0.443. The van der Waals surface area contributed by atoms with Crippen LogP contribution in [0.4, 0.5) is 5.69 Å². The van der Waals surface area contributed by atoms with E-state index in [-0.39, 0.29) is 29.8 Å². The van der Waals surface area contributed by atoms with Crippen LogP contribution in [0.15, 0.2) is 23.1 Å². The molecular weight excluding hydrogens is 286 g/mol. The summed E-state index contributed by atoms with van der Waals surface area (Å²) in [4.78, 5) is 9.99. The van der Waals surface area contributed by atoms with Crippen molar-refractivity contribution < 1.29 is 18.1 Å². The number of hydrogen-bond acceptors (Lipinski definition) is 6. The Labute approximate surface area is 116 Å². The van der Waals surface area contributed by atoms with Crippen molar-refractivity contribution in [1.29, 1.82) is 0 Å². The van der Waals surface area contributed by atoms with Crippen molar-refractivity contribution in [3.8, 4) is 5.75 Å². The molecule has 9 heteroatoms. The van der Waals surface area contributed by atoms with Crippen LogP contribution in [0, 0.1) is 10.1 Å². The van der Waals surface area contributed by atoms with Gasteiger partial charge in [-0.15, -0.1) is 0 Å². The molecule has 0 spiro atoms. The molecule has 8 nitrogen and oxygen atoms in total. The van der Waals surface area contributed by atoms with E-state index in [9.17, 15) is 18.5 Å². The largest absolute Gasteiger partial charge is 0.497 e. The molecule has 1 atom stereocenters. The van der Waals surface area contributed by atoms with E-state index < -0.39 is 20.6 Å². The average molecular weight is 301 g/mol. The molecular formula is C11H15N3O5S. The van der Waals surface area contributed by atoms with Gasteiger partial charge in [-0.1, -0.05) is 0 Å². The zero-order chi connectivity index (χ0) is 14.9. The van der Waals surface area contributed by atoms with E-state index in [1.807, 2.05) is 0 Å². The maximum absolute atomic E-state index is 12.4. The topological polar surface area (TPSA) is 116 Å². The molecule has 0 aliphatic carbocycles. The third-order valence-corrected chi connectivity index (χ3v) is 5.08. The smallest absolute Gasteiger partial charge is 0.293 e. The third kappa shape index (κ3) is 2.60. The number of nitrogens with zero attached hydrogens (tertiary/aromatic N) is 2. The molecule has 0 amide bonds. The first-order valence-corrected chi connectivity index (χ1v) is 7.38. The predicted molar refractivity (Wildman–Crippen MR) is 71.0 cm³/mol. The van der Waals surface area contributed by atoms with Crippen LogP contribution >= 0.6 is 0 Å². The van der Waals surface area contributed by atoms with Crippen molar-refractivity contribution in [1.82, 2.24) is 4.31 Å². The lowest BCUT2D eigenvalue weighted by Crippen LogP contribution is -2.32. The van der Waals surface area contributed by atoms with Gasteiger partial charge < -0.3 is 10.5 Å². The monoisotopic (exact) mass is 301 g/mol. The molecule has 0 aromatic heterocycles. The van der Waals surface area contributed by atoms with Crippen molar-refractivity contribution in [3.63, 3.8) is 0 Å². The highest BCUT2D eigenvalue weighted by molar-refractivity contribution is 7.89. The van der Waals surface area contributed by atoms with E-state index in [0.29, 0.717) is 6.42 Å². The first-order valence-electron chi connectivity index (χ1n) is 5.94. The van der Waals surface area contributed by atoms with Gasteiger partial charge in [0.2, 0.25) is 10.0 Å². The lowest BCUT2D eigenvalue weighted by molar-refractivity contribution is -0.387. The second kappa shape index (κ2) is 5.35. The molecule has 1 saturated heterocycles. The molecule has 0 radical (unpaired) electrons. The summed E-state index contributed by atoms with van der Waals surface area (Å²) < 4.78 is 30.9. The Morgan fingerprint density at radius 3 is 2.70 bits per heavy atom. The standard InChI is InChI=1S/C11H15N3O5S/c1-19-9-2-3-11(10(6-9)14(15)16)20(17,18)13-5-4-8(12)7-13/h2-3,6,8H,4-5,7,12H2,1H3. The summed E-state index contributed by atoms with van der Waals surface area (Å²) in [5.41, 5.74) is 5.19. The summed E-state index contributed by atoms with van der Waals surface area (Å²) in [5, 5.41) is 11.1. The van der Waals surface area contributed by atoms with E-state index in [1.54, 1.807) is 0 Å². The molecule has 110 valence electrons. The van der Waals surface area contributed by atoms with Crippen LogP contribution in [0.3, 0.4) is 0 Å². The minimum atomic E-state index is -3.92. The quantitative estimate of drug-likeness (QED) is 0.632. The molecule has 1 aromatic rings. The van der Waals surface area contributed by atoms with E-state index in [2.05, 4.69) is 0 Å². The summed E-state index contributed by atoms with van der Waals surface area (Å²) in [7, 11) is -2.56. The van der Waals surface area contributed by atoms with Gasteiger partial charge in [0, 0.05) is 19.1 Å². The predicted octanol–water partition coefficient (Wildman–Crippen LogP) is 0.325. The molecule has 2 N–H and O–H groups in total. The molecule has 1 aliphatic heterocycles. The van der Waals surface area contributed by atoms with Gasteiger partial charge in [-0.25, -0.2) is 8.42 Å². The van der Waals surface area contributed by atoms with Gasteiger partial charge in [0.1, 0.15) is 5.75 Å². The van der Waals surface area contributed by atoms with Crippen molar-refractivity contribution in [2.75, 3.05) is 20.2 Å². The highest BCUT2D eigenvalue weighted by atomic mass is 32.2. The van der Waals surface area contributed by atoms with Crippen LogP contribution in [0.2, 0.25) is 0 Å². The van der Waals surface area contributed by atoms with Gasteiger partial charge in [0.05, 0.1) is 18.1 Å². The lowest BCUT2D eigenvalue weighted by atomic mass is 10.3. The minimum Gasteiger partial charge on any atom is -0.497 e. The number of nitrogens with two attached hydrogens (primary N) is 1. The first-order chi connectivity index (χ1) is 9.36. The van der Waals surface area contributed by atoms with Crippen molar-refractivity contribution in [3.05, 3.63) is 28.3 Å². The van der Waals surface area contributed by atoms with Gasteiger partial charge in [-0.2, -0.15) is 4.31 Å². The Balaban J connectivity index is 2.48. The molecule has 2 rings (SSSR count). The Hall–Kier alpha value is -1.71. The zero-order valence-corrected chi connectivity index (χ0v) is 11.7. The summed E-state index contributed by atoms with van der Waals surface area (Å²) >= 11 is 0. The van der Waals surface area contributed by atoms with Crippen LogP contribution in [0.1, 0.15) is 6.42 Å². The van der Waals surface area contributed by atoms with Crippen molar-refractivity contribution >= 4 is 15.7 Å². The molecule has 1 unspecified atom stereocenters.